The molecule has 3 aromatic rings. The number of halogens is 1. The molecule has 0 amide bonds. The van der Waals surface area contributed by atoms with Crippen LogP contribution in [-0.4, -0.2) is 41.0 Å². The van der Waals surface area contributed by atoms with Gasteiger partial charge in [-0.2, -0.15) is 0 Å². The van der Waals surface area contributed by atoms with Crippen LogP contribution in [0.3, 0.4) is 0 Å². The lowest BCUT2D eigenvalue weighted by atomic mass is 9.98. The number of aromatic amines is 1. The van der Waals surface area contributed by atoms with Crippen molar-refractivity contribution in [2.75, 3.05) is 26.2 Å². The van der Waals surface area contributed by atoms with Crippen molar-refractivity contribution in [3.63, 3.8) is 0 Å². The maximum atomic E-state index is 13.6. The van der Waals surface area contributed by atoms with Crippen LogP contribution in [0.5, 0.6) is 0 Å². The van der Waals surface area contributed by atoms with Crippen molar-refractivity contribution in [2.45, 2.75) is 32.4 Å². The number of H-pyrrole nitrogens is 1. The summed E-state index contributed by atoms with van der Waals surface area (Å²) in [4.78, 5) is 20.3. The van der Waals surface area contributed by atoms with Crippen molar-refractivity contribution in [2.24, 2.45) is 0 Å². The lowest BCUT2D eigenvalue weighted by Crippen LogP contribution is -2.36. The van der Waals surface area contributed by atoms with Gasteiger partial charge in [-0.3, -0.25) is 14.6 Å². The van der Waals surface area contributed by atoms with E-state index in [1.54, 1.807) is 6.07 Å². The zero-order chi connectivity index (χ0) is 19.8. The largest absolute Gasteiger partial charge is 0.325 e. The number of benzene rings is 2. The Kier molecular flexibility index (Phi) is 4.94. The van der Waals surface area contributed by atoms with Crippen molar-refractivity contribution >= 4 is 10.8 Å². The number of hydrogen-bond donors (Lipinski definition) is 1. The molecule has 0 fully saturated rings. The number of nitrogens with one attached hydrogen (secondary N) is 1. The van der Waals surface area contributed by atoms with E-state index in [2.05, 4.69) is 39.0 Å². The summed E-state index contributed by atoms with van der Waals surface area (Å²) in [7, 11) is 0. The number of fused-ring (bicyclic) bond motifs is 4. The van der Waals surface area contributed by atoms with Gasteiger partial charge in [-0.1, -0.05) is 30.3 Å². The van der Waals surface area contributed by atoms with E-state index in [9.17, 15) is 9.18 Å². The second kappa shape index (κ2) is 7.73. The Morgan fingerprint density at radius 1 is 0.897 bits per heavy atom. The predicted molar refractivity (Wildman–Crippen MR) is 114 cm³/mol. The second-order valence-electron chi connectivity index (χ2n) is 8.28. The van der Waals surface area contributed by atoms with Crippen molar-refractivity contribution in [1.82, 2.24) is 14.8 Å². The minimum absolute atomic E-state index is 0.183. The molecule has 4 nitrogen and oxygen atoms in total. The Morgan fingerprint density at radius 3 is 2.52 bits per heavy atom. The summed E-state index contributed by atoms with van der Waals surface area (Å²) in [5, 5.41) is 1.35. The zero-order valence-electron chi connectivity index (χ0n) is 16.6. The maximum Gasteiger partial charge on any atom is 0.256 e. The fourth-order valence-electron chi connectivity index (χ4n) is 4.83. The third-order valence-electron chi connectivity index (χ3n) is 6.40. The summed E-state index contributed by atoms with van der Waals surface area (Å²) in [6.45, 7) is 6.11. The molecule has 29 heavy (non-hydrogen) atoms. The molecule has 2 aliphatic heterocycles. The van der Waals surface area contributed by atoms with E-state index in [1.807, 2.05) is 0 Å². The molecule has 0 radical (unpaired) electrons. The van der Waals surface area contributed by atoms with E-state index in [1.165, 1.54) is 23.3 Å². The lowest BCUT2D eigenvalue weighted by molar-refractivity contribution is 0.206. The van der Waals surface area contributed by atoms with Crippen LogP contribution in [0, 0.1) is 5.82 Å². The standard InChI is InChI=1S/C24H26FN3O/c25-19-6-7-20-21(14-19)24(29)26-23-9-13-28(16-22(20)23)11-3-10-27-12-8-17-4-1-2-5-18(17)15-27/h1-2,4-7,14H,3,8-13,15-16H2,(H,26,29). The highest BCUT2D eigenvalue weighted by Gasteiger charge is 2.21. The van der Waals surface area contributed by atoms with Crippen LogP contribution in [0.1, 0.15) is 28.8 Å². The molecule has 0 unspecified atom stereocenters. The fraction of sp³-hybridized carbons (Fsp3) is 0.375. The summed E-state index contributed by atoms with van der Waals surface area (Å²) >= 11 is 0. The lowest BCUT2D eigenvalue weighted by Gasteiger charge is -2.32. The zero-order valence-corrected chi connectivity index (χ0v) is 16.6. The Bertz CT molecular complexity index is 1110. The van der Waals surface area contributed by atoms with Gasteiger partial charge in [-0.25, -0.2) is 4.39 Å². The fourth-order valence-corrected chi connectivity index (χ4v) is 4.83. The first-order valence-corrected chi connectivity index (χ1v) is 10.5. The van der Waals surface area contributed by atoms with Gasteiger partial charge in [-0.05, 0) is 60.1 Å². The van der Waals surface area contributed by atoms with E-state index in [-0.39, 0.29) is 11.4 Å². The average Bonchev–Trinajstić information content (AvgIpc) is 2.74. The first-order valence-electron chi connectivity index (χ1n) is 10.5. The summed E-state index contributed by atoms with van der Waals surface area (Å²) in [6, 6.07) is 13.3. The molecule has 2 aliphatic rings. The van der Waals surface area contributed by atoms with Crippen molar-refractivity contribution in [1.29, 1.82) is 0 Å². The number of rotatable bonds is 4. The highest BCUT2D eigenvalue weighted by molar-refractivity contribution is 5.85. The minimum Gasteiger partial charge on any atom is -0.325 e. The normalized spacial score (nSPS) is 17.3. The van der Waals surface area contributed by atoms with Gasteiger partial charge >= 0.3 is 0 Å². The van der Waals surface area contributed by atoms with Crippen molar-refractivity contribution < 1.29 is 4.39 Å². The van der Waals surface area contributed by atoms with E-state index in [0.717, 1.165) is 75.2 Å². The molecular formula is C24H26FN3O. The van der Waals surface area contributed by atoms with Gasteiger partial charge in [0.1, 0.15) is 5.82 Å². The number of pyridine rings is 1. The monoisotopic (exact) mass is 391 g/mol. The van der Waals surface area contributed by atoms with Gasteiger partial charge in [0, 0.05) is 38.3 Å². The molecule has 5 rings (SSSR count). The van der Waals surface area contributed by atoms with Crippen LogP contribution in [0.4, 0.5) is 4.39 Å². The minimum atomic E-state index is -0.362. The molecule has 150 valence electrons. The van der Waals surface area contributed by atoms with Crippen molar-refractivity contribution in [3.05, 3.63) is 81.0 Å². The summed E-state index contributed by atoms with van der Waals surface area (Å²) < 4.78 is 13.6. The summed E-state index contributed by atoms with van der Waals surface area (Å²) in [5.41, 5.74) is 4.94. The van der Waals surface area contributed by atoms with Crippen LogP contribution < -0.4 is 5.56 Å². The van der Waals surface area contributed by atoms with Gasteiger partial charge in [0.25, 0.3) is 5.56 Å². The maximum absolute atomic E-state index is 13.6. The van der Waals surface area contributed by atoms with Crippen LogP contribution in [-0.2, 0) is 25.9 Å². The first-order chi connectivity index (χ1) is 14.2. The molecule has 0 bridgehead atoms. The predicted octanol–water partition coefficient (Wildman–Crippen LogP) is 3.47. The van der Waals surface area contributed by atoms with Gasteiger partial charge < -0.3 is 4.98 Å². The molecule has 0 atom stereocenters. The molecule has 3 heterocycles. The Hall–Kier alpha value is -2.50. The van der Waals surface area contributed by atoms with Crippen LogP contribution >= 0.6 is 0 Å². The highest BCUT2D eigenvalue weighted by atomic mass is 19.1. The molecule has 0 aliphatic carbocycles. The molecule has 0 saturated heterocycles. The third-order valence-corrected chi connectivity index (χ3v) is 6.40. The topological polar surface area (TPSA) is 39.3 Å². The number of hydrogen-bond acceptors (Lipinski definition) is 3. The van der Waals surface area contributed by atoms with Gasteiger partial charge in [0.15, 0.2) is 0 Å². The van der Waals surface area contributed by atoms with Crippen LogP contribution in [0.2, 0.25) is 0 Å². The molecule has 0 saturated carbocycles. The Labute approximate surface area is 170 Å². The summed E-state index contributed by atoms with van der Waals surface area (Å²) in [5.74, 6) is -0.362. The first kappa shape index (κ1) is 18.5. The van der Waals surface area contributed by atoms with Crippen LogP contribution in [0.25, 0.3) is 10.8 Å². The highest BCUT2D eigenvalue weighted by Crippen LogP contribution is 2.25. The van der Waals surface area contributed by atoms with Gasteiger partial charge in [0.05, 0.1) is 5.39 Å². The third kappa shape index (κ3) is 3.72. The van der Waals surface area contributed by atoms with Crippen LogP contribution in [0.15, 0.2) is 47.3 Å². The van der Waals surface area contributed by atoms with E-state index >= 15 is 0 Å². The van der Waals surface area contributed by atoms with Gasteiger partial charge in [-0.15, -0.1) is 0 Å². The molecular weight excluding hydrogens is 365 g/mol. The average molecular weight is 391 g/mol. The molecule has 1 N–H and O–H groups in total. The smallest absolute Gasteiger partial charge is 0.256 e. The SMILES string of the molecule is O=c1[nH]c2c(c3ccc(F)cc13)CN(CCCN1CCc3ccccc3C1)CC2. The second-order valence-corrected chi connectivity index (χ2v) is 8.28. The van der Waals surface area contributed by atoms with E-state index in [0.29, 0.717) is 5.39 Å². The molecule has 1 aromatic heterocycles. The van der Waals surface area contributed by atoms with Crippen molar-refractivity contribution in [3.8, 4) is 0 Å². The Balaban J connectivity index is 1.23. The molecule has 2 aromatic carbocycles. The quantitative estimate of drug-likeness (QED) is 0.740. The Morgan fingerprint density at radius 2 is 1.66 bits per heavy atom. The molecule has 0 spiro atoms. The van der Waals surface area contributed by atoms with Gasteiger partial charge in [0.2, 0.25) is 0 Å². The van der Waals surface area contributed by atoms with E-state index < -0.39 is 0 Å². The molecule has 5 heteroatoms. The number of nitrogens with zero attached hydrogens (tertiary/aromatic N) is 2. The summed E-state index contributed by atoms with van der Waals surface area (Å²) in [6.07, 6.45) is 3.12. The van der Waals surface area contributed by atoms with E-state index in [4.69, 9.17) is 0 Å². The number of aromatic nitrogens is 1.